The average Bonchev–Trinajstić information content (AvgIpc) is 2.47. The first-order valence-corrected chi connectivity index (χ1v) is 6.11. The third-order valence-corrected chi connectivity index (χ3v) is 2.72. The van der Waals surface area contributed by atoms with Crippen LogP contribution in [0.15, 0.2) is 54.6 Å². The second-order valence-corrected chi connectivity index (χ2v) is 4.13. The maximum atomic E-state index is 11.9. The van der Waals surface area contributed by atoms with Crippen molar-refractivity contribution in [3.8, 4) is 11.5 Å². The van der Waals surface area contributed by atoms with Gasteiger partial charge >= 0.3 is 0 Å². The molecule has 0 spiro atoms. The molecule has 0 radical (unpaired) electrons. The number of carbonyl (C=O) groups is 1. The zero-order valence-corrected chi connectivity index (χ0v) is 10.8. The number of benzene rings is 2. The summed E-state index contributed by atoms with van der Waals surface area (Å²) in [5.74, 6) is 1.46. The summed E-state index contributed by atoms with van der Waals surface area (Å²) in [4.78, 5) is 11.9. The van der Waals surface area contributed by atoms with Crippen LogP contribution in [0.1, 0.15) is 5.56 Å². The molecule has 0 aliphatic carbocycles. The molecule has 2 rings (SSSR count). The van der Waals surface area contributed by atoms with E-state index < -0.39 is 0 Å². The van der Waals surface area contributed by atoms with Gasteiger partial charge in [0, 0.05) is 12.0 Å². The molecular formula is C16H16O3. The number of ether oxygens (including phenoxy) is 2. The van der Waals surface area contributed by atoms with E-state index in [2.05, 4.69) is 0 Å². The molecule has 3 heteroatoms. The van der Waals surface area contributed by atoms with Crippen molar-refractivity contribution < 1.29 is 14.3 Å². The molecule has 0 fully saturated rings. The minimum absolute atomic E-state index is 0.0216. The fraction of sp³-hybridized carbons (Fsp3) is 0.188. The number of methoxy groups -OCH3 is 1. The summed E-state index contributed by atoms with van der Waals surface area (Å²) in [7, 11) is 1.60. The first-order valence-electron chi connectivity index (χ1n) is 6.11. The van der Waals surface area contributed by atoms with E-state index >= 15 is 0 Å². The smallest absolute Gasteiger partial charge is 0.174 e. The summed E-state index contributed by atoms with van der Waals surface area (Å²) >= 11 is 0. The molecule has 98 valence electrons. The van der Waals surface area contributed by atoms with Gasteiger partial charge < -0.3 is 9.47 Å². The van der Waals surface area contributed by atoms with Gasteiger partial charge in [-0.25, -0.2) is 0 Å². The molecule has 2 aromatic carbocycles. The minimum atomic E-state index is 0.0216. The SMILES string of the molecule is COc1ccccc1CC(=O)COc1ccccc1. The lowest BCUT2D eigenvalue weighted by Gasteiger charge is -2.08. The van der Waals surface area contributed by atoms with Crippen molar-refractivity contribution in [1.29, 1.82) is 0 Å². The summed E-state index contributed by atoms with van der Waals surface area (Å²) in [5.41, 5.74) is 0.881. The van der Waals surface area contributed by atoms with Crippen LogP contribution in [0, 0.1) is 0 Å². The van der Waals surface area contributed by atoms with Gasteiger partial charge in [0.1, 0.15) is 18.1 Å². The third kappa shape index (κ3) is 3.85. The van der Waals surface area contributed by atoms with E-state index in [1.54, 1.807) is 7.11 Å². The Labute approximate surface area is 112 Å². The number of ketones is 1. The monoisotopic (exact) mass is 256 g/mol. The number of rotatable bonds is 6. The Balaban J connectivity index is 1.91. The van der Waals surface area contributed by atoms with Crippen LogP contribution in [0.4, 0.5) is 0 Å². The maximum Gasteiger partial charge on any atom is 0.174 e. The molecular weight excluding hydrogens is 240 g/mol. The molecule has 0 aromatic heterocycles. The van der Waals surface area contributed by atoms with Crippen molar-refractivity contribution in [2.75, 3.05) is 13.7 Å². The molecule has 0 heterocycles. The van der Waals surface area contributed by atoms with Gasteiger partial charge in [0.2, 0.25) is 0 Å². The van der Waals surface area contributed by atoms with E-state index in [9.17, 15) is 4.79 Å². The molecule has 0 amide bonds. The topological polar surface area (TPSA) is 35.5 Å². The summed E-state index contributed by atoms with van der Waals surface area (Å²) in [5, 5.41) is 0. The molecule has 0 unspecified atom stereocenters. The molecule has 0 saturated heterocycles. The van der Waals surface area contributed by atoms with Crippen LogP contribution in [0.5, 0.6) is 11.5 Å². The Morgan fingerprint density at radius 1 is 1.00 bits per heavy atom. The van der Waals surface area contributed by atoms with Gasteiger partial charge in [0.25, 0.3) is 0 Å². The van der Waals surface area contributed by atoms with E-state index in [0.29, 0.717) is 12.2 Å². The van der Waals surface area contributed by atoms with Crippen LogP contribution >= 0.6 is 0 Å². The van der Waals surface area contributed by atoms with Gasteiger partial charge in [-0.15, -0.1) is 0 Å². The Bertz CT molecular complexity index is 535. The second-order valence-electron chi connectivity index (χ2n) is 4.13. The van der Waals surface area contributed by atoms with Gasteiger partial charge in [0.15, 0.2) is 5.78 Å². The highest BCUT2D eigenvalue weighted by atomic mass is 16.5. The molecule has 0 saturated carbocycles. The zero-order chi connectivity index (χ0) is 13.5. The van der Waals surface area contributed by atoms with Crippen molar-refractivity contribution >= 4 is 5.78 Å². The summed E-state index contributed by atoms with van der Waals surface area (Å²) in [6, 6.07) is 16.8. The first kappa shape index (κ1) is 13.1. The first-order chi connectivity index (χ1) is 9.29. The van der Waals surface area contributed by atoms with Crippen molar-refractivity contribution in [2.45, 2.75) is 6.42 Å². The lowest BCUT2D eigenvalue weighted by Crippen LogP contribution is -2.14. The van der Waals surface area contributed by atoms with Crippen molar-refractivity contribution in [3.63, 3.8) is 0 Å². The highest BCUT2D eigenvalue weighted by molar-refractivity contribution is 5.83. The van der Waals surface area contributed by atoms with Crippen LogP contribution in [0.25, 0.3) is 0 Å². The van der Waals surface area contributed by atoms with Gasteiger partial charge in [-0.1, -0.05) is 36.4 Å². The standard InChI is InChI=1S/C16H16O3/c1-18-16-10-6-5-7-13(16)11-14(17)12-19-15-8-3-2-4-9-15/h2-10H,11-12H2,1H3. The second kappa shape index (κ2) is 6.59. The normalized spacial score (nSPS) is 9.95. The zero-order valence-electron chi connectivity index (χ0n) is 10.8. The maximum absolute atomic E-state index is 11.9. The minimum Gasteiger partial charge on any atom is -0.496 e. The molecule has 3 nitrogen and oxygen atoms in total. The molecule has 2 aromatic rings. The molecule has 0 N–H and O–H groups in total. The number of Topliss-reactive ketones (excluding diaryl/α,β-unsaturated/α-hetero) is 1. The largest absolute Gasteiger partial charge is 0.496 e. The Kier molecular flexibility index (Phi) is 4.56. The van der Waals surface area contributed by atoms with Crippen LogP contribution in [0.2, 0.25) is 0 Å². The average molecular weight is 256 g/mol. The molecule has 0 atom stereocenters. The summed E-state index contributed by atoms with van der Waals surface area (Å²) < 4.78 is 10.6. The number of carbonyl (C=O) groups excluding carboxylic acids is 1. The molecule has 0 bridgehead atoms. The number of hydrogen-bond acceptors (Lipinski definition) is 3. The summed E-state index contributed by atoms with van der Waals surface area (Å²) in [6.07, 6.45) is 0.316. The van der Waals surface area contributed by atoms with Crippen LogP contribution in [-0.2, 0) is 11.2 Å². The van der Waals surface area contributed by atoms with Gasteiger partial charge in [0.05, 0.1) is 7.11 Å². The highest BCUT2D eigenvalue weighted by Crippen LogP contribution is 2.18. The third-order valence-electron chi connectivity index (χ3n) is 2.72. The number of hydrogen-bond donors (Lipinski definition) is 0. The Morgan fingerprint density at radius 3 is 2.42 bits per heavy atom. The van der Waals surface area contributed by atoms with E-state index in [4.69, 9.17) is 9.47 Å². The highest BCUT2D eigenvalue weighted by Gasteiger charge is 2.08. The van der Waals surface area contributed by atoms with Crippen LogP contribution in [-0.4, -0.2) is 19.5 Å². The van der Waals surface area contributed by atoms with Gasteiger partial charge in [-0.2, -0.15) is 0 Å². The number of para-hydroxylation sites is 2. The molecule has 0 aliphatic heterocycles. The predicted octanol–water partition coefficient (Wildman–Crippen LogP) is 2.89. The van der Waals surface area contributed by atoms with Gasteiger partial charge in [-0.05, 0) is 18.2 Å². The van der Waals surface area contributed by atoms with Crippen LogP contribution in [0.3, 0.4) is 0 Å². The lowest BCUT2D eigenvalue weighted by molar-refractivity contribution is -0.120. The van der Waals surface area contributed by atoms with Crippen LogP contribution < -0.4 is 9.47 Å². The van der Waals surface area contributed by atoms with Crippen molar-refractivity contribution in [2.24, 2.45) is 0 Å². The Hall–Kier alpha value is -2.29. The van der Waals surface area contributed by atoms with E-state index in [1.807, 2.05) is 54.6 Å². The van der Waals surface area contributed by atoms with Gasteiger partial charge in [-0.3, -0.25) is 4.79 Å². The predicted molar refractivity (Wildman–Crippen MR) is 73.6 cm³/mol. The lowest BCUT2D eigenvalue weighted by atomic mass is 10.1. The fourth-order valence-corrected chi connectivity index (χ4v) is 1.79. The molecule has 19 heavy (non-hydrogen) atoms. The molecule has 0 aliphatic rings. The van der Waals surface area contributed by atoms with E-state index in [0.717, 1.165) is 11.3 Å². The van der Waals surface area contributed by atoms with Crippen molar-refractivity contribution in [1.82, 2.24) is 0 Å². The summed E-state index contributed by atoms with van der Waals surface area (Å²) in [6.45, 7) is 0.0715. The Morgan fingerprint density at radius 2 is 1.68 bits per heavy atom. The van der Waals surface area contributed by atoms with E-state index in [-0.39, 0.29) is 12.4 Å². The van der Waals surface area contributed by atoms with E-state index in [1.165, 1.54) is 0 Å². The van der Waals surface area contributed by atoms with Crippen molar-refractivity contribution in [3.05, 3.63) is 60.2 Å². The fourth-order valence-electron chi connectivity index (χ4n) is 1.79. The quantitative estimate of drug-likeness (QED) is 0.797.